The summed E-state index contributed by atoms with van der Waals surface area (Å²) in [6.45, 7) is 4.04. The van der Waals surface area contributed by atoms with Crippen molar-refractivity contribution in [3.63, 3.8) is 0 Å². The van der Waals surface area contributed by atoms with Gasteiger partial charge in [0, 0.05) is 5.56 Å². The van der Waals surface area contributed by atoms with Gasteiger partial charge in [-0.15, -0.1) is 0 Å². The largest absolute Gasteiger partial charge is 0.478 e. The van der Waals surface area contributed by atoms with Crippen LogP contribution in [0.4, 0.5) is 0 Å². The van der Waals surface area contributed by atoms with Crippen LogP contribution in [-0.2, 0) is 6.42 Å². The minimum Gasteiger partial charge on any atom is -0.478 e. The smallest absolute Gasteiger partial charge is 0.336 e. The normalized spacial score (nSPS) is 11.1. The standard InChI is InChI=1S/C30H27O4P/c1-20(2)19-21-17-18-25(29(31)32)28(27(21)30(33)34)24-15-9-10-16-26(24)35(22-11-5-3-6-12-22)23-13-7-4-8-14-23/h3-18,20H,19H2,1-2H3,(H,31,32)(H,33,34). The first-order valence-electron chi connectivity index (χ1n) is 11.5. The molecule has 0 bridgehead atoms. The predicted octanol–water partition coefficient (Wildman–Crippen LogP) is 5.71. The van der Waals surface area contributed by atoms with E-state index in [1.165, 1.54) is 0 Å². The molecule has 0 saturated heterocycles. The quantitative estimate of drug-likeness (QED) is 0.316. The number of benzene rings is 4. The van der Waals surface area contributed by atoms with Crippen LogP contribution in [0.25, 0.3) is 11.1 Å². The molecule has 4 aromatic carbocycles. The first-order valence-corrected chi connectivity index (χ1v) is 12.8. The van der Waals surface area contributed by atoms with Crippen LogP contribution >= 0.6 is 7.92 Å². The molecular formula is C30H27O4P. The van der Waals surface area contributed by atoms with Gasteiger partial charge < -0.3 is 10.2 Å². The van der Waals surface area contributed by atoms with Crippen molar-refractivity contribution >= 4 is 35.8 Å². The zero-order chi connectivity index (χ0) is 24.9. The van der Waals surface area contributed by atoms with Gasteiger partial charge in [0.2, 0.25) is 0 Å². The van der Waals surface area contributed by atoms with Crippen LogP contribution in [0.5, 0.6) is 0 Å². The topological polar surface area (TPSA) is 74.6 Å². The Morgan fingerprint density at radius 2 is 1.26 bits per heavy atom. The maximum absolute atomic E-state index is 12.6. The molecule has 5 heteroatoms. The summed E-state index contributed by atoms with van der Waals surface area (Å²) >= 11 is 0. The van der Waals surface area contributed by atoms with Crippen molar-refractivity contribution in [3.05, 3.63) is 114 Å². The van der Waals surface area contributed by atoms with E-state index < -0.39 is 19.9 Å². The average molecular weight is 483 g/mol. The van der Waals surface area contributed by atoms with E-state index in [1.54, 1.807) is 12.1 Å². The molecular weight excluding hydrogens is 455 g/mol. The fraction of sp³-hybridized carbons (Fsp3) is 0.133. The second-order valence-electron chi connectivity index (χ2n) is 8.75. The fourth-order valence-electron chi connectivity index (χ4n) is 4.42. The molecule has 4 nitrogen and oxygen atoms in total. The molecule has 0 atom stereocenters. The number of aromatic carboxylic acids is 2. The van der Waals surface area contributed by atoms with Gasteiger partial charge in [0.25, 0.3) is 0 Å². The predicted molar refractivity (Wildman–Crippen MR) is 143 cm³/mol. The number of carbonyl (C=O) groups is 2. The van der Waals surface area contributed by atoms with Crippen molar-refractivity contribution in [1.82, 2.24) is 0 Å². The molecule has 0 aliphatic rings. The van der Waals surface area contributed by atoms with Gasteiger partial charge in [-0.1, -0.05) is 105 Å². The van der Waals surface area contributed by atoms with Gasteiger partial charge >= 0.3 is 11.9 Å². The van der Waals surface area contributed by atoms with Crippen LogP contribution in [0, 0.1) is 5.92 Å². The second-order valence-corrected chi connectivity index (χ2v) is 10.9. The molecule has 0 radical (unpaired) electrons. The highest BCUT2D eigenvalue weighted by molar-refractivity contribution is 7.80. The number of carboxylic acid groups (broad SMARTS) is 2. The lowest BCUT2D eigenvalue weighted by Crippen LogP contribution is -2.23. The Balaban J connectivity index is 2.07. The third-order valence-electron chi connectivity index (χ3n) is 5.81. The summed E-state index contributed by atoms with van der Waals surface area (Å²) in [5.74, 6) is -2.04. The molecule has 0 saturated carbocycles. The van der Waals surface area contributed by atoms with Gasteiger partial charge in [-0.3, -0.25) is 0 Å². The third-order valence-corrected chi connectivity index (χ3v) is 8.31. The summed E-state index contributed by atoms with van der Waals surface area (Å²) in [6, 6.07) is 31.0. The minimum absolute atomic E-state index is 0.00145. The fourth-order valence-corrected chi connectivity index (χ4v) is 6.88. The lowest BCUT2D eigenvalue weighted by molar-refractivity contribution is 0.0695. The lowest BCUT2D eigenvalue weighted by Gasteiger charge is -2.24. The van der Waals surface area contributed by atoms with Gasteiger partial charge in [-0.25, -0.2) is 9.59 Å². The zero-order valence-electron chi connectivity index (χ0n) is 19.7. The molecule has 0 aliphatic heterocycles. The first kappa shape index (κ1) is 24.4. The summed E-state index contributed by atoms with van der Waals surface area (Å²) in [6.07, 6.45) is 0.544. The van der Waals surface area contributed by atoms with E-state index in [0.717, 1.165) is 15.9 Å². The van der Waals surface area contributed by atoms with Gasteiger partial charge in [0.05, 0.1) is 11.1 Å². The highest BCUT2D eigenvalue weighted by Gasteiger charge is 2.28. The van der Waals surface area contributed by atoms with Crippen LogP contribution < -0.4 is 15.9 Å². The van der Waals surface area contributed by atoms with E-state index in [9.17, 15) is 19.8 Å². The Morgan fingerprint density at radius 3 is 1.77 bits per heavy atom. The van der Waals surface area contributed by atoms with Crippen LogP contribution in [0.15, 0.2) is 97.1 Å². The maximum atomic E-state index is 12.6. The Bertz CT molecular complexity index is 1310. The summed E-state index contributed by atoms with van der Waals surface area (Å²) < 4.78 is 0. The molecule has 35 heavy (non-hydrogen) atoms. The monoisotopic (exact) mass is 482 g/mol. The van der Waals surface area contributed by atoms with Gasteiger partial charge in [-0.05, 0) is 53.4 Å². The van der Waals surface area contributed by atoms with Gasteiger partial charge in [-0.2, -0.15) is 0 Å². The van der Waals surface area contributed by atoms with Gasteiger partial charge in [0.1, 0.15) is 0 Å². The van der Waals surface area contributed by atoms with Crippen molar-refractivity contribution < 1.29 is 19.8 Å². The second kappa shape index (κ2) is 10.7. The Kier molecular flexibility index (Phi) is 7.43. The maximum Gasteiger partial charge on any atom is 0.336 e. The van der Waals surface area contributed by atoms with Crippen LogP contribution in [0.1, 0.15) is 40.1 Å². The molecule has 0 spiro atoms. The molecule has 0 unspecified atom stereocenters. The highest BCUT2D eigenvalue weighted by Crippen LogP contribution is 2.40. The minimum atomic E-state index is -1.14. The molecule has 176 valence electrons. The van der Waals surface area contributed by atoms with E-state index in [0.29, 0.717) is 17.5 Å². The molecule has 4 aromatic rings. The van der Waals surface area contributed by atoms with E-state index in [-0.39, 0.29) is 22.6 Å². The summed E-state index contributed by atoms with van der Waals surface area (Å²) in [4.78, 5) is 24.9. The summed E-state index contributed by atoms with van der Waals surface area (Å²) in [5.41, 5.74) is 1.64. The molecule has 0 amide bonds. The Labute approximate surface area is 206 Å². The van der Waals surface area contributed by atoms with Crippen LogP contribution in [0.3, 0.4) is 0 Å². The number of hydrogen-bond donors (Lipinski definition) is 2. The van der Waals surface area contributed by atoms with E-state index in [4.69, 9.17) is 0 Å². The van der Waals surface area contributed by atoms with Gasteiger partial charge in [0.15, 0.2) is 0 Å². The number of hydrogen-bond acceptors (Lipinski definition) is 2. The Hall–Kier alpha value is -3.75. The van der Waals surface area contributed by atoms with Crippen LogP contribution in [-0.4, -0.2) is 22.2 Å². The first-order chi connectivity index (χ1) is 16.9. The van der Waals surface area contributed by atoms with E-state index >= 15 is 0 Å². The third kappa shape index (κ3) is 5.18. The van der Waals surface area contributed by atoms with Crippen molar-refractivity contribution in [1.29, 1.82) is 0 Å². The van der Waals surface area contributed by atoms with E-state index in [1.807, 2.05) is 74.5 Å². The van der Waals surface area contributed by atoms with Crippen molar-refractivity contribution in [3.8, 4) is 11.1 Å². The molecule has 0 aromatic heterocycles. The van der Waals surface area contributed by atoms with Crippen molar-refractivity contribution in [2.75, 3.05) is 0 Å². The molecule has 0 fully saturated rings. The zero-order valence-corrected chi connectivity index (χ0v) is 20.6. The molecule has 0 heterocycles. The summed E-state index contributed by atoms with van der Waals surface area (Å²) in [5, 5.41) is 23.5. The summed E-state index contributed by atoms with van der Waals surface area (Å²) in [7, 11) is -1.07. The van der Waals surface area contributed by atoms with Crippen molar-refractivity contribution in [2.24, 2.45) is 5.92 Å². The Morgan fingerprint density at radius 1 is 0.714 bits per heavy atom. The van der Waals surface area contributed by atoms with Crippen LogP contribution in [0.2, 0.25) is 0 Å². The van der Waals surface area contributed by atoms with Crippen molar-refractivity contribution in [2.45, 2.75) is 20.3 Å². The highest BCUT2D eigenvalue weighted by atomic mass is 31.1. The molecule has 4 rings (SSSR count). The van der Waals surface area contributed by atoms with E-state index in [2.05, 4.69) is 24.3 Å². The SMILES string of the molecule is CC(C)Cc1ccc(C(=O)O)c(-c2ccccc2P(c2ccccc2)c2ccccc2)c1C(=O)O. The molecule has 0 aliphatic carbocycles. The number of rotatable bonds is 8. The number of carboxylic acids is 2. The molecule has 2 N–H and O–H groups in total. The average Bonchev–Trinajstić information content (AvgIpc) is 2.85. The lowest BCUT2D eigenvalue weighted by atomic mass is 9.87.